The molecule has 0 atom stereocenters. The molecular weight excluding hydrogens is 248 g/mol. The van der Waals surface area contributed by atoms with Gasteiger partial charge in [0.05, 0.1) is 0 Å². The molecule has 1 saturated heterocycles. The first kappa shape index (κ1) is 20.8. The zero-order valence-electron chi connectivity index (χ0n) is 14.1. The van der Waals surface area contributed by atoms with Gasteiger partial charge in [-0.25, -0.2) is 0 Å². The van der Waals surface area contributed by atoms with E-state index in [1.807, 2.05) is 63.8 Å². The smallest absolute Gasteiger partial charge is 0.219 e. The van der Waals surface area contributed by atoms with Gasteiger partial charge < -0.3 is 10.6 Å². The van der Waals surface area contributed by atoms with E-state index in [1.54, 1.807) is 6.92 Å². The second kappa shape index (κ2) is 13.9. The first-order valence-electron chi connectivity index (χ1n) is 7.67. The van der Waals surface area contributed by atoms with E-state index in [2.05, 4.69) is 0 Å². The maximum Gasteiger partial charge on any atom is 0.219 e. The molecule has 1 aromatic carbocycles. The summed E-state index contributed by atoms with van der Waals surface area (Å²) < 4.78 is 0. The third-order valence-electron chi connectivity index (χ3n) is 2.59. The summed E-state index contributed by atoms with van der Waals surface area (Å²) in [4.78, 5) is 12.5. The molecule has 2 N–H and O–H groups in total. The monoisotopic (exact) mass is 280 g/mol. The summed E-state index contributed by atoms with van der Waals surface area (Å²) in [6.07, 6.45) is 2.39. The van der Waals surface area contributed by atoms with E-state index in [0.717, 1.165) is 18.8 Å². The number of aryl methyl sites for hydroxylation is 1. The predicted octanol–water partition coefficient (Wildman–Crippen LogP) is 4.26. The summed E-state index contributed by atoms with van der Waals surface area (Å²) in [5, 5.41) is 0. The Morgan fingerprint density at radius 3 is 1.85 bits per heavy atom. The molecule has 1 amide bonds. The van der Waals surface area contributed by atoms with Crippen molar-refractivity contribution in [2.75, 3.05) is 18.8 Å². The number of hydrogen-bond acceptors (Lipinski definition) is 2. The summed E-state index contributed by atoms with van der Waals surface area (Å²) in [6, 6.07) is 7.80. The Bertz CT molecular complexity index is 327. The lowest BCUT2D eigenvalue weighted by Crippen LogP contribution is -2.24. The molecular formula is C17H32N2O. The van der Waals surface area contributed by atoms with Crippen LogP contribution < -0.4 is 5.73 Å². The highest BCUT2D eigenvalue weighted by atomic mass is 16.2. The molecule has 1 heterocycles. The van der Waals surface area contributed by atoms with Gasteiger partial charge in [-0.05, 0) is 37.5 Å². The summed E-state index contributed by atoms with van der Waals surface area (Å²) >= 11 is 0. The fraction of sp³-hybridized carbons (Fsp3) is 0.588. The molecule has 0 aromatic heterocycles. The number of nitrogen functional groups attached to an aromatic ring is 1. The first-order chi connectivity index (χ1) is 9.59. The molecule has 3 nitrogen and oxygen atoms in total. The molecule has 20 heavy (non-hydrogen) atoms. The number of anilines is 1. The van der Waals surface area contributed by atoms with E-state index >= 15 is 0 Å². The van der Waals surface area contributed by atoms with Crippen LogP contribution in [0.2, 0.25) is 0 Å². The normalized spacial score (nSPS) is 12.0. The van der Waals surface area contributed by atoms with Crippen molar-refractivity contribution in [2.24, 2.45) is 0 Å². The Kier molecular flexibility index (Phi) is 14.5. The molecule has 1 aromatic rings. The van der Waals surface area contributed by atoms with Gasteiger partial charge in [0, 0.05) is 25.7 Å². The van der Waals surface area contributed by atoms with Crippen molar-refractivity contribution in [3.05, 3.63) is 29.8 Å². The second-order valence-corrected chi connectivity index (χ2v) is 4.13. The zero-order valence-corrected chi connectivity index (χ0v) is 14.1. The lowest BCUT2D eigenvalue weighted by Gasteiger charge is -2.10. The van der Waals surface area contributed by atoms with Crippen LogP contribution in [-0.4, -0.2) is 23.9 Å². The molecule has 0 saturated carbocycles. The van der Waals surface area contributed by atoms with Gasteiger partial charge in [0.2, 0.25) is 5.91 Å². The first-order valence-corrected chi connectivity index (χ1v) is 7.67. The number of likely N-dealkylation sites (tertiary alicyclic amines) is 1. The van der Waals surface area contributed by atoms with E-state index < -0.39 is 0 Å². The predicted molar refractivity (Wildman–Crippen MR) is 89.8 cm³/mol. The van der Waals surface area contributed by atoms with Crippen LogP contribution in [0.15, 0.2) is 24.3 Å². The highest BCUT2D eigenvalue weighted by molar-refractivity contribution is 5.73. The number of carbonyl (C=O) groups is 1. The number of benzene rings is 1. The topological polar surface area (TPSA) is 46.3 Å². The van der Waals surface area contributed by atoms with Crippen LogP contribution in [-0.2, 0) is 4.79 Å². The SMILES string of the molecule is CC.CC.CC(=O)N1CCCC1.Cc1cccc(N)c1. The standard InChI is InChI=1S/C7H9N.C6H11NO.2C2H6/c1-6-3-2-4-7(8)5-6;1-6(8)7-4-2-3-5-7;2*1-2/h2-5H,8H2,1H3;2-5H2,1H3;2*1-2H3. The van der Waals surface area contributed by atoms with Crippen molar-refractivity contribution in [3.63, 3.8) is 0 Å². The summed E-state index contributed by atoms with van der Waals surface area (Å²) in [7, 11) is 0. The van der Waals surface area contributed by atoms with E-state index in [9.17, 15) is 4.79 Å². The average molecular weight is 280 g/mol. The summed E-state index contributed by atoms with van der Waals surface area (Å²) in [5.74, 6) is 0.225. The molecule has 0 spiro atoms. The fourth-order valence-electron chi connectivity index (χ4n) is 1.70. The number of nitrogens with zero attached hydrogens (tertiary/aromatic N) is 1. The van der Waals surface area contributed by atoms with Crippen molar-refractivity contribution in [1.82, 2.24) is 4.90 Å². The Morgan fingerprint density at radius 2 is 1.60 bits per heavy atom. The van der Waals surface area contributed by atoms with Crippen LogP contribution in [0.5, 0.6) is 0 Å². The van der Waals surface area contributed by atoms with Crippen molar-refractivity contribution in [1.29, 1.82) is 0 Å². The van der Waals surface area contributed by atoms with Gasteiger partial charge in [-0.1, -0.05) is 39.8 Å². The Hall–Kier alpha value is -1.51. The van der Waals surface area contributed by atoms with E-state index in [1.165, 1.54) is 18.4 Å². The molecule has 0 bridgehead atoms. The molecule has 0 aliphatic carbocycles. The third kappa shape index (κ3) is 10.4. The minimum atomic E-state index is 0.225. The lowest BCUT2D eigenvalue weighted by molar-refractivity contribution is -0.127. The Labute approximate surface area is 125 Å². The van der Waals surface area contributed by atoms with Crippen LogP contribution in [0.1, 0.15) is 53.0 Å². The minimum absolute atomic E-state index is 0.225. The van der Waals surface area contributed by atoms with Crippen molar-refractivity contribution >= 4 is 11.6 Å². The van der Waals surface area contributed by atoms with Crippen LogP contribution >= 0.6 is 0 Å². The molecule has 1 aliphatic heterocycles. The van der Waals surface area contributed by atoms with Crippen molar-refractivity contribution in [3.8, 4) is 0 Å². The molecule has 1 fully saturated rings. The maximum absolute atomic E-state index is 10.6. The van der Waals surface area contributed by atoms with Gasteiger partial charge in [-0.15, -0.1) is 0 Å². The molecule has 2 rings (SSSR count). The Balaban J connectivity index is 0. The van der Waals surface area contributed by atoms with Crippen LogP contribution in [0.4, 0.5) is 5.69 Å². The van der Waals surface area contributed by atoms with Crippen molar-refractivity contribution < 1.29 is 4.79 Å². The van der Waals surface area contributed by atoms with Gasteiger partial charge in [-0.3, -0.25) is 4.79 Å². The van der Waals surface area contributed by atoms with E-state index in [-0.39, 0.29) is 5.91 Å². The van der Waals surface area contributed by atoms with Gasteiger partial charge in [0.25, 0.3) is 0 Å². The molecule has 0 unspecified atom stereocenters. The highest BCUT2D eigenvalue weighted by Gasteiger charge is 2.12. The molecule has 1 aliphatic rings. The minimum Gasteiger partial charge on any atom is -0.399 e. The summed E-state index contributed by atoms with van der Waals surface area (Å²) in [6.45, 7) is 13.6. The van der Waals surface area contributed by atoms with Gasteiger partial charge in [0.1, 0.15) is 0 Å². The molecule has 3 heteroatoms. The fourth-order valence-corrected chi connectivity index (χ4v) is 1.70. The molecule has 116 valence electrons. The van der Waals surface area contributed by atoms with Gasteiger partial charge >= 0.3 is 0 Å². The number of nitrogens with two attached hydrogens (primary N) is 1. The number of rotatable bonds is 0. The molecule has 0 radical (unpaired) electrons. The lowest BCUT2D eigenvalue weighted by atomic mass is 10.2. The number of hydrogen-bond donors (Lipinski definition) is 1. The second-order valence-electron chi connectivity index (χ2n) is 4.13. The van der Waals surface area contributed by atoms with Crippen LogP contribution in [0, 0.1) is 6.92 Å². The van der Waals surface area contributed by atoms with Crippen molar-refractivity contribution in [2.45, 2.75) is 54.4 Å². The van der Waals surface area contributed by atoms with Gasteiger partial charge in [0.15, 0.2) is 0 Å². The zero-order chi connectivity index (χ0) is 16.0. The number of amides is 1. The van der Waals surface area contributed by atoms with Crippen LogP contribution in [0.25, 0.3) is 0 Å². The third-order valence-corrected chi connectivity index (χ3v) is 2.59. The van der Waals surface area contributed by atoms with Gasteiger partial charge in [-0.2, -0.15) is 0 Å². The maximum atomic E-state index is 10.6. The van der Waals surface area contributed by atoms with Crippen LogP contribution in [0.3, 0.4) is 0 Å². The van der Waals surface area contributed by atoms with E-state index in [0.29, 0.717) is 0 Å². The quantitative estimate of drug-likeness (QED) is 0.722. The average Bonchev–Trinajstić information content (AvgIpc) is 2.98. The summed E-state index contributed by atoms with van der Waals surface area (Å²) in [5.41, 5.74) is 7.51. The Morgan fingerprint density at radius 1 is 1.10 bits per heavy atom. The highest BCUT2D eigenvalue weighted by Crippen LogP contribution is 2.06. The number of carbonyl (C=O) groups excluding carboxylic acids is 1. The van der Waals surface area contributed by atoms with E-state index in [4.69, 9.17) is 5.73 Å². The largest absolute Gasteiger partial charge is 0.399 e.